The predicted octanol–water partition coefficient (Wildman–Crippen LogP) is 3.20. The Labute approximate surface area is 188 Å². The lowest BCUT2D eigenvalue weighted by Crippen LogP contribution is -2.33. The molecule has 1 aromatic carbocycles. The van der Waals surface area contributed by atoms with Gasteiger partial charge in [0.2, 0.25) is 11.6 Å². The number of nitrogens with one attached hydrogen (secondary N) is 1. The number of anilines is 2. The van der Waals surface area contributed by atoms with Crippen molar-refractivity contribution in [3.05, 3.63) is 59.8 Å². The van der Waals surface area contributed by atoms with E-state index in [9.17, 15) is 9.18 Å². The quantitative estimate of drug-likeness (QED) is 0.482. The van der Waals surface area contributed by atoms with Crippen LogP contribution in [0.2, 0.25) is 0 Å². The molecular weight excluding hydrogens is 425 g/mol. The van der Waals surface area contributed by atoms with E-state index < -0.39 is 11.2 Å². The molecule has 3 N–H and O–H groups in total. The summed E-state index contributed by atoms with van der Waals surface area (Å²) >= 11 is 0. The zero-order valence-electron chi connectivity index (χ0n) is 18.3. The smallest absolute Gasteiger partial charge is 0.259 e. The Morgan fingerprint density at radius 3 is 2.70 bits per heavy atom. The molecule has 168 valence electrons. The minimum Gasteiger partial charge on any atom is -0.475 e. The highest BCUT2D eigenvalue weighted by Gasteiger charge is 2.47. The lowest BCUT2D eigenvalue weighted by atomic mass is 9.78. The summed E-state index contributed by atoms with van der Waals surface area (Å²) in [7, 11) is 0. The third kappa shape index (κ3) is 3.34. The van der Waals surface area contributed by atoms with E-state index in [0.717, 1.165) is 0 Å². The highest BCUT2D eigenvalue weighted by molar-refractivity contribution is 6.09. The summed E-state index contributed by atoms with van der Waals surface area (Å²) in [5.41, 5.74) is 7.22. The summed E-state index contributed by atoms with van der Waals surface area (Å²) in [4.78, 5) is 30.9. The van der Waals surface area contributed by atoms with Gasteiger partial charge in [0.05, 0.1) is 12.2 Å². The molecule has 9 nitrogen and oxygen atoms in total. The fraction of sp³-hybridized carbons (Fsp3) is 0.261. The van der Waals surface area contributed by atoms with E-state index in [-0.39, 0.29) is 17.5 Å². The zero-order chi connectivity index (χ0) is 23.3. The van der Waals surface area contributed by atoms with Crippen LogP contribution >= 0.6 is 0 Å². The van der Waals surface area contributed by atoms with Gasteiger partial charge in [-0.3, -0.25) is 4.79 Å². The first-order valence-electron chi connectivity index (χ1n) is 10.5. The molecule has 4 heterocycles. The Morgan fingerprint density at radius 2 is 1.97 bits per heavy atom. The molecule has 10 heteroatoms. The Kier molecular flexibility index (Phi) is 4.73. The maximum absolute atomic E-state index is 13.5. The highest BCUT2D eigenvalue weighted by Crippen LogP contribution is 2.44. The predicted molar refractivity (Wildman–Crippen MR) is 120 cm³/mol. The molecule has 0 radical (unpaired) electrons. The molecule has 0 aliphatic carbocycles. The number of halogens is 1. The number of hydrogen-bond donors (Lipinski definition) is 2. The standard InChI is InChI=1S/C23H22FN7O2/c1-12(2)11-33-21-20-26-8-9-31(20)10-15(27-21)18-28-17(25)16-19(29-18)30-22(32)23(16,3)13-4-6-14(24)7-5-13/h4-10,12H,11H2,1-3H3,(H3,25,28,29,30,32). The van der Waals surface area contributed by atoms with E-state index in [2.05, 4.69) is 25.3 Å². The van der Waals surface area contributed by atoms with Crippen LogP contribution in [0.5, 0.6) is 5.88 Å². The number of nitrogens with two attached hydrogens (primary N) is 1. The molecule has 1 atom stereocenters. The SMILES string of the molecule is CC(C)COc1nc(-c2nc(N)c3c(n2)NC(=O)C3(C)c2ccc(F)cc2)cn2ccnc12. The van der Waals surface area contributed by atoms with Gasteiger partial charge in [0.25, 0.3) is 5.88 Å². The van der Waals surface area contributed by atoms with E-state index >= 15 is 0 Å². The van der Waals surface area contributed by atoms with Crippen LogP contribution in [-0.4, -0.2) is 36.9 Å². The van der Waals surface area contributed by atoms with Crippen molar-refractivity contribution < 1.29 is 13.9 Å². The molecule has 1 unspecified atom stereocenters. The molecule has 33 heavy (non-hydrogen) atoms. The summed E-state index contributed by atoms with van der Waals surface area (Å²) in [6.45, 7) is 6.27. The van der Waals surface area contributed by atoms with E-state index in [0.29, 0.717) is 46.7 Å². The first-order valence-corrected chi connectivity index (χ1v) is 10.5. The van der Waals surface area contributed by atoms with Crippen LogP contribution in [0.1, 0.15) is 31.9 Å². The van der Waals surface area contributed by atoms with Crippen molar-refractivity contribution >= 4 is 23.2 Å². The van der Waals surface area contributed by atoms with Crippen molar-refractivity contribution in [3.63, 3.8) is 0 Å². The van der Waals surface area contributed by atoms with Crippen LogP contribution in [0.25, 0.3) is 17.2 Å². The average Bonchev–Trinajstić information content (AvgIpc) is 3.35. The van der Waals surface area contributed by atoms with Gasteiger partial charge in [-0.05, 0) is 30.5 Å². The molecule has 0 fully saturated rings. The molecule has 0 spiro atoms. The number of imidazole rings is 1. The normalized spacial score (nSPS) is 17.4. The highest BCUT2D eigenvalue weighted by atomic mass is 19.1. The van der Waals surface area contributed by atoms with E-state index in [4.69, 9.17) is 10.5 Å². The summed E-state index contributed by atoms with van der Waals surface area (Å²) in [5, 5.41) is 2.80. The summed E-state index contributed by atoms with van der Waals surface area (Å²) < 4.78 is 21.1. The second-order valence-corrected chi connectivity index (χ2v) is 8.54. The lowest BCUT2D eigenvalue weighted by Gasteiger charge is -2.23. The van der Waals surface area contributed by atoms with Gasteiger partial charge in [0, 0.05) is 18.6 Å². The molecular formula is C23H22FN7O2. The first-order chi connectivity index (χ1) is 15.8. The van der Waals surface area contributed by atoms with Crippen LogP contribution in [-0.2, 0) is 10.2 Å². The topological polar surface area (TPSA) is 120 Å². The van der Waals surface area contributed by atoms with Gasteiger partial charge in [-0.15, -0.1) is 0 Å². The maximum atomic E-state index is 13.5. The van der Waals surface area contributed by atoms with Crippen molar-refractivity contribution in [1.82, 2.24) is 24.3 Å². The largest absolute Gasteiger partial charge is 0.475 e. The van der Waals surface area contributed by atoms with Gasteiger partial charge in [-0.1, -0.05) is 26.0 Å². The van der Waals surface area contributed by atoms with Crippen molar-refractivity contribution in [2.45, 2.75) is 26.2 Å². The van der Waals surface area contributed by atoms with Crippen LogP contribution in [0, 0.1) is 11.7 Å². The Morgan fingerprint density at radius 1 is 1.21 bits per heavy atom. The van der Waals surface area contributed by atoms with Gasteiger partial charge in [0.15, 0.2) is 5.82 Å². The van der Waals surface area contributed by atoms with Crippen LogP contribution < -0.4 is 15.8 Å². The van der Waals surface area contributed by atoms with Crippen molar-refractivity contribution in [2.75, 3.05) is 17.7 Å². The molecule has 4 aromatic rings. The van der Waals surface area contributed by atoms with Crippen molar-refractivity contribution in [1.29, 1.82) is 0 Å². The third-order valence-corrected chi connectivity index (χ3v) is 5.67. The van der Waals surface area contributed by atoms with Gasteiger partial charge < -0.3 is 20.2 Å². The van der Waals surface area contributed by atoms with E-state index in [1.807, 2.05) is 13.8 Å². The Bertz CT molecular complexity index is 1380. The summed E-state index contributed by atoms with van der Waals surface area (Å²) in [6, 6.07) is 5.73. The monoisotopic (exact) mass is 447 g/mol. The number of hydrogen-bond acceptors (Lipinski definition) is 7. The van der Waals surface area contributed by atoms with Crippen LogP contribution in [0.15, 0.2) is 42.9 Å². The molecule has 0 saturated heterocycles. The van der Waals surface area contributed by atoms with Crippen molar-refractivity contribution in [2.24, 2.45) is 5.92 Å². The van der Waals surface area contributed by atoms with Crippen LogP contribution in [0.4, 0.5) is 16.0 Å². The number of aromatic nitrogens is 5. The summed E-state index contributed by atoms with van der Waals surface area (Å²) in [6.07, 6.45) is 5.14. The summed E-state index contributed by atoms with van der Waals surface area (Å²) in [5.74, 6) is 0.618. The number of rotatable bonds is 5. The average molecular weight is 447 g/mol. The fourth-order valence-corrected chi connectivity index (χ4v) is 3.93. The molecule has 0 saturated carbocycles. The Balaban J connectivity index is 1.61. The number of amides is 1. The molecule has 0 bridgehead atoms. The number of carbonyl (C=O) groups is 1. The van der Waals surface area contributed by atoms with Gasteiger partial charge >= 0.3 is 0 Å². The van der Waals surface area contributed by atoms with Gasteiger partial charge in [0.1, 0.15) is 28.6 Å². The fourth-order valence-electron chi connectivity index (χ4n) is 3.93. The first kappa shape index (κ1) is 20.8. The molecule has 3 aromatic heterocycles. The van der Waals surface area contributed by atoms with E-state index in [1.54, 1.807) is 42.0 Å². The number of ether oxygens (including phenoxy) is 1. The number of carbonyl (C=O) groups excluding carboxylic acids is 1. The van der Waals surface area contributed by atoms with Crippen LogP contribution in [0.3, 0.4) is 0 Å². The Hall–Kier alpha value is -4.08. The molecule has 5 rings (SSSR count). The number of nitrogen functional groups attached to an aromatic ring is 1. The molecule has 1 aliphatic rings. The van der Waals surface area contributed by atoms with Gasteiger partial charge in [-0.2, -0.15) is 0 Å². The van der Waals surface area contributed by atoms with Gasteiger partial charge in [-0.25, -0.2) is 24.3 Å². The van der Waals surface area contributed by atoms with E-state index in [1.165, 1.54) is 12.1 Å². The molecule has 1 aliphatic heterocycles. The minimum atomic E-state index is -1.15. The zero-order valence-corrected chi connectivity index (χ0v) is 18.3. The lowest BCUT2D eigenvalue weighted by molar-refractivity contribution is -0.119. The third-order valence-electron chi connectivity index (χ3n) is 5.67. The number of nitrogens with zero attached hydrogens (tertiary/aromatic N) is 5. The second kappa shape index (κ2) is 7.51. The number of benzene rings is 1. The minimum absolute atomic E-state index is 0.136. The second-order valence-electron chi connectivity index (χ2n) is 8.54. The maximum Gasteiger partial charge on any atom is 0.259 e. The number of fused-ring (bicyclic) bond motifs is 2. The molecule has 1 amide bonds. The van der Waals surface area contributed by atoms with Crippen molar-refractivity contribution in [3.8, 4) is 17.4 Å².